The fraction of sp³-hybridized carbons (Fsp3) is 0.231. The second-order valence-electron chi connectivity index (χ2n) is 8.30. The Morgan fingerprint density at radius 2 is 1.59 bits per heavy atom. The number of nitrogens with zero attached hydrogens (tertiary/aromatic N) is 2. The van der Waals surface area contributed by atoms with Gasteiger partial charge >= 0.3 is 0 Å². The second-order valence-corrected chi connectivity index (χ2v) is 10.6. The van der Waals surface area contributed by atoms with Gasteiger partial charge in [-0.2, -0.15) is 9.41 Å². The molecule has 0 aromatic heterocycles. The third-order valence-corrected chi connectivity index (χ3v) is 7.74. The number of halogens is 1. The summed E-state index contributed by atoms with van der Waals surface area (Å²) < 4.78 is 28.6. The van der Waals surface area contributed by atoms with Crippen LogP contribution in [0.1, 0.15) is 33.4 Å². The number of hydrazone groups is 1. The summed E-state index contributed by atoms with van der Waals surface area (Å²) in [5, 5.41) is 4.44. The zero-order chi connectivity index (χ0) is 24.9. The predicted octanol–water partition coefficient (Wildman–Crippen LogP) is 4.91. The number of rotatable bonds is 8. The Bertz CT molecular complexity index is 1300. The lowest BCUT2D eigenvalue weighted by molar-refractivity contribution is -0.121. The number of nitrogens with one attached hydrogen (secondary N) is 1. The van der Waals surface area contributed by atoms with Crippen LogP contribution in [0.5, 0.6) is 0 Å². The lowest BCUT2D eigenvalue weighted by Gasteiger charge is -2.24. The van der Waals surface area contributed by atoms with Crippen molar-refractivity contribution in [3.63, 3.8) is 0 Å². The van der Waals surface area contributed by atoms with Gasteiger partial charge in [0.15, 0.2) is 0 Å². The Morgan fingerprint density at radius 1 is 0.971 bits per heavy atom. The average molecular weight is 498 g/mol. The fourth-order valence-corrected chi connectivity index (χ4v) is 5.76. The van der Waals surface area contributed by atoms with Gasteiger partial charge in [0.05, 0.1) is 17.7 Å². The smallest absolute Gasteiger partial charge is 0.255 e. The van der Waals surface area contributed by atoms with Gasteiger partial charge in [0.2, 0.25) is 10.0 Å². The molecule has 3 rings (SSSR count). The number of hydrogen-bond donors (Lipinski definition) is 1. The van der Waals surface area contributed by atoms with E-state index in [1.54, 1.807) is 38.1 Å². The van der Waals surface area contributed by atoms with E-state index in [1.165, 1.54) is 10.5 Å². The molecule has 0 aliphatic carbocycles. The Hall–Kier alpha value is -3.00. The van der Waals surface area contributed by atoms with Gasteiger partial charge in [-0.1, -0.05) is 77.3 Å². The number of sulfonamides is 1. The third-order valence-electron chi connectivity index (χ3n) is 5.30. The molecule has 6 nitrogen and oxygen atoms in total. The van der Waals surface area contributed by atoms with Crippen LogP contribution in [0.3, 0.4) is 0 Å². The highest BCUT2D eigenvalue weighted by Gasteiger charge is 2.30. The van der Waals surface area contributed by atoms with Gasteiger partial charge < -0.3 is 0 Å². The van der Waals surface area contributed by atoms with E-state index in [9.17, 15) is 13.2 Å². The van der Waals surface area contributed by atoms with Crippen LogP contribution < -0.4 is 5.43 Å². The van der Waals surface area contributed by atoms with E-state index in [0.717, 1.165) is 16.7 Å². The van der Waals surface area contributed by atoms with Crippen molar-refractivity contribution < 1.29 is 13.2 Å². The molecule has 178 valence electrons. The molecule has 0 bridgehead atoms. The molecule has 0 saturated carbocycles. The van der Waals surface area contributed by atoms with E-state index in [0.29, 0.717) is 21.7 Å². The van der Waals surface area contributed by atoms with E-state index in [-0.39, 0.29) is 18.0 Å². The van der Waals surface area contributed by atoms with Gasteiger partial charge in [-0.25, -0.2) is 13.8 Å². The van der Waals surface area contributed by atoms with E-state index in [4.69, 9.17) is 11.6 Å². The minimum atomic E-state index is -3.97. The molecule has 1 amide bonds. The first kappa shape index (κ1) is 25.6. The van der Waals surface area contributed by atoms with Crippen molar-refractivity contribution in [2.75, 3.05) is 6.54 Å². The summed E-state index contributed by atoms with van der Waals surface area (Å²) in [7, 11) is -3.97. The largest absolute Gasteiger partial charge is 0.272 e. The lowest BCUT2D eigenvalue weighted by atomic mass is 10.1. The van der Waals surface area contributed by atoms with E-state index in [2.05, 4.69) is 10.5 Å². The minimum absolute atomic E-state index is 0.0526. The summed E-state index contributed by atoms with van der Waals surface area (Å²) in [5.41, 5.74) is 7.16. The van der Waals surface area contributed by atoms with Gasteiger partial charge in [-0.05, 0) is 50.5 Å². The van der Waals surface area contributed by atoms with Crippen LogP contribution in [-0.4, -0.2) is 31.4 Å². The van der Waals surface area contributed by atoms with Crippen molar-refractivity contribution in [2.24, 2.45) is 5.10 Å². The fourth-order valence-electron chi connectivity index (χ4n) is 3.77. The van der Waals surface area contributed by atoms with Crippen LogP contribution in [0.4, 0.5) is 0 Å². The molecule has 0 aliphatic rings. The third kappa shape index (κ3) is 6.32. The average Bonchev–Trinajstić information content (AvgIpc) is 2.75. The Labute approximate surface area is 206 Å². The molecule has 8 heteroatoms. The maximum Gasteiger partial charge on any atom is 0.255 e. The van der Waals surface area contributed by atoms with Gasteiger partial charge in [0.25, 0.3) is 5.91 Å². The van der Waals surface area contributed by atoms with Crippen LogP contribution in [-0.2, 0) is 21.4 Å². The number of benzene rings is 3. The van der Waals surface area contributed by atoms with E-state index in [1.807, 2.05) is 50.2 Å². The molecule has 0 fully saturated rings. The normalized spacial score (nSPS) is 11.8. The summed E-state index contributed by atoms with van der Waals surface area (Å²) in [5.74, 6) is -0.554. The molecule has 0 heterocycles. The summed E-state index contributed by atoms with van der Waals surface area (Å²) in [6, 6.07) is 18.3. The number of aryl methyl sites for hydroxylation is 4. The highest BCUT2D eigenvalue weighted by molar-refractivity contribution is 7.89. The van der Waals surface area contributed by atoms with E-state index < -0.39 is 15.9 Å². The number of carbonyl (C=O) groups excluding carboxylic acids is 1. The van der Waals surface area contributed by atoms with Crippen LogP contribution >= 0.6 is 11.6 Å². The van der Waals surface area contributed by atoms with Crippen LogP contribution in [0.15, 0.2) is 70.7 Å². The van der Waals surface area contributed by atoms with Gasteiger partial charge in [0.1, 0.15) is 0 Å². The molecule has 3 aromatic carbocycles. The summed E-state index contributed by atoms with van der Waals surface area (Å²) >= 11 is 6.10. The first-order valence-electron chi connectivity index (χ1n) is 10.8. The Kier molecular flexibility index (Phi) is 8.25. The molecule has 1 N–H and O–H groups in total. The zero-order valence-electron chi connectivity index (χ0n) is 19.7. The van der Waals surface area contributed by atoms with Gasteiger partial charge in [-0.3, -0.25) is 4.79 Å². The number of hydrogen-bond acceptors (Lipinski definition) is 4. The van der Waals surface area contributed by atoms with Crippen LogP contribution in [0.2, 0.25) is 5.02 Å². The molecular formula is C26H28ClN3O3S. The molecular weight excluding hydrogens is 470 g/mol. The van der Waals surface area contributed by atoms with Crippen molar-refractivity contribution in [2.45, 2.75) is 39.1 Å². The highest BCUT2D eigenvalue weighted by Crippen LogP contribution is 2.26. The Balaban J connectivity index is 1.88. The maximum atomic E-state index is 13.7. The SMILES string of the molecule is Cc1ccc(CN(CC(=O)NN=Cc2ccccc2Cl)S(=O)(=O)c2c(C)cc(C)cc2C)cc1. The number of carbonyl (C=O) groups is 1. The van der Waals surface area contributed by atoms with Crippen LogP contribution in [0, 0.1) is 27.7 Å². The van der Waals surface area contributed by atoms with Crippen molar-refractivity contribution in [1.82, 2.24) is 9.73 Å². The van der Waals surface area contributed by atoms with Crippen LogP contribution in [0.25, 0.3) is 0 Å². The summed E-state index contributed by atoms with van der Waals surface area (Å²) in [4.78, 5) is 12.9. The Morgan fingerprint density at radius 3 is 2.21 bits per heavy atom. The maximum absolute atomic E-state index is 13.7. The van der Waals surface area contributed by atoms with Crippen molar-refractivity contribution in [1.29, 1.82) is 0 Å². The molecule has 34 heavy (non-hydrogen) atoms. The quantitative estimate of drug-likeness (QED) is 0.354. The predicted molar refractivity (Wildman–Crippen MR) is 137 cm³/mol. The molecule has 0 spiro atoms. The summed E-state index contributed by atoms with van der Waals surface area (Å²) in [6.07, 6.45) is 1.42. The molecule has 0 aliphatic heterocycles. The second kappa shape index (κ2) is 11.0. The lowest BCUT2D eigenvalue weighted by Crippen LogP contribution is -2.39. The monoisotopic (exact) mass is 497 g/mol. The van der Waals surface area contributed by atoms with Crippen molar-refractivity contribution in [3.8, 4) is 0 Å². The van der Waals surface area contributed by atoms with Gasteiger partial charge in [0, 0.05) is 17.1 Å². The van der Waals surface area contributed by atoms with E-state index >= 15 is 0 Å². The minimum Gasteiger partial charge on any atom is -0.272 e. The topological polar surface area (TPSA) is 78.8 Å². The van der Waals surface area contributed by atoms with Crippen molar-refractivity contribution >= 4 is 33.7 Å². The van der Waals surface area contributed by atoms with Crippen molar-refractivity contribution in [3.05, 3.63) is 99.1 Å². The van der Waals surface area contributed by atoms with Gasteiger partial charge in [-0.15, -0.1) is 0 Å². The highest BCUT2D eigenvalue weighted by atomic mass is 35.5. The standard InChI is InChI=1S/C26H28ClN3O3S/c1-18-9-11-22(12-10-18)16-30(34(32,33)26-20(3)13-19(2)14-21(26)4)17-25(31)29-28-15-23-7-5-6-8-24(23)27/h5-15H,16-17H2,1-4H3,(H,29,31). The zero-order valence-corrected chi connectivity index (χ0v) is 21.2. The molecule has 3 aromatic rings. The summed E-state index contributed by atoms with van der Waals surface area (Å²) in [6.45, 7) is 7.09. The molecule has 0 atom stereocenters. The molecule has 0 radical (unpaired) electrons. The first-order valence-corrected chi connectivity index (χ1v) is 12.6. The first-order chi connectivity index (χ1) is 16.1. The molecule has 0 unspecified atom stereocenters. The number of amides is 1. The molecule has 0 saturated heterocycles.